The summed E-state index contributed by atoms with van der Waals surface area (Å²) in [7, 11) is 0. The molecule has 2 aromatic carbocycles. The van der Waals surface area contributed by atoms with E-state index in [4.69, 9.17) is 20.8 Å². The Morgan fingerprint density at radius 3 is 2.76 bits per heavy atom. The predicted molar refractivity (Wildman–Crippen MR) is 126 cm³/mol. The van der Waals surface area contributed by atoms with Crippen LogP contribution < -0.4 is 10.2 Å². The topological polar surface area (TPSA) is 72.6 Å². The van der Waals surface area contributed by atoms with Crippen molar-refractivity contribution < 1.29 is 13.9 Å². The van der Waals surface area contributed by atoms with E-state index in [0.29, 0.717) is 33.9 Å². The molecule has 1 unspecified atom stereocenters. The van der Waals surface area contributed by atoms with Gasteiger partial charge < -0.3 is 14.1 Å². The average molecular weight is 461 g/mol. The molecule has 0 saturated carbocycles. The highest BCUT2D eigenvalue weighted by atomic mass is 35.5. The summed E-state index contributed by atoms with van der Waals surface area (Å²) in [4.78, 5) is 33.0. The number of halogens is 1. The molecule has 1 aliphatic heterocycles. The Bertz CT molecular complexity index is 1430. The first-order valence-corrected chi connectivity index (χ1v) is 11.0. The van der Waals surface area contributed by atoms with Crippen LogP contribution in [0.2, 0.25) is 5.02 Å². The second kappa shape index (κ2) is 8.37. The normalized spacial score (nSPS) is 15.2. The summed E-state index contributed by atoms with van der Waals surface area (Å²) in [5.41, 5.74) is 2.78. The molecule has 0 radical (unpaired) electrons. The number of aromatic nitrogens is 1. The lowest BCUT2D eigenvalue weighted by atomic mass is 9.98. The lowest BCUT2D eigenvalue weighted by Gasteiger charge is -2.25. The molecule has 33 heavy (non-hydrogen) atoms. The Kier molecular flexibility index (Phi) is 5.38. The van der Waals surface area contributed by atoms with Crippen LogP contribution >= 0.6 is 11.6 Å². The molecule has 0 N–H and O–H groups in total. The average Bonchev–Trinajstić information content (AvgIpc) is 3.08. The number of carbonyl (C=O) groups is 1. The Labute approximate surface area is 195 Å². The summed E-state index contributed by atoms with van der Waals surface area (Å²) < 4.78 is 11.7. The number of hydrogen-bond donors (Lipinski definition) is 0. The Morgan fingerprint density at radius 2 is 2.00 bits per heavy atom. The van der Waals surface area contributed by atoms with Crippen molar-refractivity contribution in [1.82, 2.24) is 9.88 Å². The van der Waals surface area contributed by atoms with E-state index in [2.05, 4.69) is 4.98 Å². The smallest absolute Gasteiger partial charge is 0.291 e. The van der Waals surface area contributed by atoms with Crippen molar-refractivity contribution in [2.45, 2.75) is 26.4 Å². The molecule has 6 nitrogen and oxygen atoms in total. The van der Waals surface area contributed by atoms with E-state index in [0.717, 1.165) is 16.7 Å². The third-order valence-corrected chi connectivity index (χ3v) is 6.21. The SMILES string of the molecule is CCOc1cccc(C2c3c(oc4cc(C)c(Cl)cc4c3=O)C(=O)N2Cc2cccnc2)c1. The van der Waals surface area contributed by atoms with E-state index in [9.17, 15) is 9.59 Å². The van der Waals surface area contributed by atoms with Gasteiger partial charge in [-0.25, -0.2) is 0 Å². The molecular formula is C26H21ClN2O4. The summed E-state index contributed by atoms with van der Waals surface area (Å²) in [6.07, 6.45) is 3.38. The van der Waals surface area contributed by atoms with Crippen LogP contribution in [0.3, 0.4) is 0 Å². The molecular weight excluding hydrogens is 440 g/mol. The summed E-state index contributed by atoms with van der Waals surface area (Å²) in [6.45, 7) is 4.51. The zero-order chi connectivity index (χ0) is 23.1. The molecule has 3 heterocycles. The van der Waals surface area contributed by atoms with Crippen molar-refractivity contribution >= 4 is 28.5 Å². The Morgan fingerprint density at radius 1 is 1.15 bits per heavy atom. The zero-order valence-corrected chi connectivity index (χ0v) is 18.9. The minimum Gasteiger partial charge on any atom is -0.494 e. The lowest BCUT2D eigenvalue weighted by Crippen LogP contribution is -2.29. The Balaban J connectivity index is 1.74. The molecule has 0 saturated heterocycles. The highest BCUT2D eigenvalue weighted by molar-refractivity contribution is 6.32. The molecule has 166 valence electrons. The van der Waals surface area contributed by atoms with Crippen LogP contribution in [0.15, 0.2) is 70.1 Å². The zero-order valence-electron chi connectivity index (χ0n) is 18.2. The number of hydrogen-bond acceptors (Lipinski definition) is 5. The van der Waals surface area contributed by atoms with Crippen molar-refractivity contribution in [3.8, 4) is 5.75 Å². The van der Waals surface area contributed by atoms with Gasteiger partial charge in [0.05, 0.1) is 23.6 Å². The second-order valence-corrected chi connectivity index (χ2v) is 8.38. The van der Waals surface area contributed by atoms with Crippen LogP contribution in [0.5, 0.6) is 5.75 Å². The van der Waals surface area contributed by atoms with Crippen LogP contribution in [-0.2, 0) is 6.54 Å². The summed E-state index contributed by atoms with van der Waals surface area (Å²) >= 11 is 6.30. The van der Waals surface area contributed by atoms with Gasteiger partial charge in [0, 0.05) is 24.0 Å². The maximum Gasteiger partial charge on any atom is 0.291 e. The van der Waals surface area contributed by atoms with Gasteiger partial charge in [-0.05, 0) is 60.9 Å². The summed E-state index contributed by atoms with van der Waals surface area (Å²) in [6, 6.07) is 13.8. The Hall–Kier alpha value is -3.64. The molecule has 0 aliphatic carbocycles. The second-order valence-electron chi connectivity index (χ2n) is 7.97. The number of carbonyl (C=O) groups excluding carboxylic acids is 1. The third kappa shape index (κ3) is 3.66. The number of rotatable bonds is 5. The molecule has 1 atom stereocenters. The van der Waals surface area contributed by atoms with E-state index in [-0.39, 0.29) is 23.6 Å². The van der Waals surface area contributed by atoms with E-state index >= 15 is 0 Å². The van der Waals surface area contributed by atoms with Gasteiger partial charge in [-0.1, -0.05) is 29.8 Å². The van der Waals surface area contributed by atoms with E-state index < -0.39 is 6.04 Å². The van der Waals surface area contributed by atoms with Crippen molar-refractivity contribution in [1.29, 1.82) is 0 Å². The predicted octanol–water partition coefficient (Wildman–Crippen LogP) is 5.29. The molecule has 0 bridgehead atoms. The largest absolute Gasteiger partial charge is 0.494 e. The van der Waals surface area contributed by atoms with E-state index in [1.807, 2.05) is 50.2 Å². The summed E-state index contributed by atoms with van der Waals surface area (Å²) in [5.74, 6) is 0.387. The number of fused-ring (bicyclic) bond motifs is 2. The number of ether oxygens (including phenoxy) is 1. The van der Waals surface area contributed by atoms with Gasteiger partial charge in [-0.2, -0.15) is 0 Å². The number of nitrogens with zero attached hydrogens (tertiary/aromatic N) is 2. The van der Waals surface area contributed by atoms with Crippen LogP contribution in [0.4, 0.5) is 0 Å². The first-order chi connectivity index (χ1) is 16.0. The summed E-state index contributed by atoms with van der Waals surface area (Å²) in [5, 5.41) is 0.826. The first-order valence-electron chi connectivity index (χ1n) is 10.7. The van der Waals surface area contributed by atoms with E-state index in [1.165, 1.54) is 0 Å². The molecule has 1 aliphatic rings. The van der Waals surface area contributed by atoms with Gasteiger partial charge in [0.15, 0.2) is 5.43 Å². The highest BCUT2D eigenvalue weighted by Gasteiger charge is 2.43. The minimum atomic E-state index is -0.631. The van der Waals surface area contributed by atoms with Gasteiger partial charge in [0.25, 0.3) is 5.91 Å². The molecule has 1 amide bonds. The number of pyridine rings is 1. The monoisotopic (exact) mass is 460 g/mol. The first kappa shape index (κ1) is 21.2. The number of benzene rings is 2. The van der Waals surface area contributed by atoms with Gasteiger partial charge in [-0.3, -0.25) is 14.6 Å². The highest BCUT2D eigenvalue weighted by Crippen LogP contribution is 2.40. The standard InChI is InChI=1S/C26H21ClN2O4/c1-3-32-18-8-4-7-17(11-18)23-22-24(30)19-12-20(27)15(2)10-21(19)33-25(22)26(31)29(23)14-16-6-5-9-28-13-16/h4-13,23H,3,14H2,1-2H3. The van der Waals surface area contributed by atoms with Crippen molar-refractivity contribution in [3.05, 3.63) is 104 Å². The fourth-order valence-electron chi connectivity index (χ4n) is 4.28. The van der Waals surface area contributed by atoms with Gasteiger partial charge >= 0.3 is 0 Å². The van der Waals surface area contributed by atoms with Crippen LogP contribution in [-0.4, -0.2) is 22.4 Å². The van der Waals surface area contributed by atoms with Gasteiger partial charge in [-0.15, -0.1) is 0 Å². The van der Waals surface area contributed by atoms with Crippen molar-refractivity contribution in [2.75, 3.05) is 6.61 Å². The number of aryl methyl sites for hydroxylation is 1. The lowest BCUT2D eigenvalue weighted by molar-refractivity contribution is 0.0714. The van der Waals surface area contributed by atoms with E-state index in [1.54, 1.807) is 29.4 Å². The maximum absolute atomic E-state index is 13.7. The van der Waals surface area contributed by atoms with Crippen LogP contribution in [0.1, 0.15) is 45.8 Å². The van der Waals surface area contributed by atoms with Crippen molar-refractivity contribution in [3.63, 3.8) is 0 Å². The van der Waals surface area contributed by atoms with Gasteiger partial charge in [0.2, 0.25) is 5.76 Å². The minimum absolute atomic E-state index is 0.0601. The van der Waals surface area contributed by atoms with Crippen LogP contribution in [0.25, 0.3) is 11.0 Å². The molecule has 7 heteroatoms. The maximum atomic E-state index is 13.7. The van der Waals surface area contributed by atoms with Crippen molar-refractivity contribution in [2.24, 2.45) is 0 Å². The molecule has 0 spiro atoms. The fraction of sp³-hybridized carbons (Fsp3) is 0.192. The molecule has 0 fully saturated rings. The quantitative estimate of drug-likeness (QED) is 0.404. The number of amides is 1. The molecule has 2 aromatic heterocycles. The fourth-order valence-corrected chi connectivity index (χ4v) is 4.44. The molecule has 4 aromatic rings. The van der Waals surface area contributed by atoms with Crippen LogP contribution in [0, 0.1) is 6.92 Å². The van der Waals surface area contributed by atoms with Gasteiger partial charge in [0.1, 0.15) is 11.3 Å². The molecule has 5 rings (SSSR count). The third-order valence-electron chi connectivity index (χ3n) is 5.81.